The zero-order valence-corrected chi connectivity index (χ0v) is 15.3. The van der Waals surface area contributed by atoms with Crippen LogP contribution >= 0.6 is 11.6 Å². The van der Waals surface area contributed by atoms with E-state index >= 15 is 0 Å². The molecule has 5 nitrogen and oxygen atoms in total. The van der Waals surface area contributed by atoms with Gasteiger partial charge in [-0.05, 0) is 23.8 Å². The standard InChI is InChI=1S/C19H15ClF2N2O3/c1-24-9-12(19(25)26-2)5-16(24)18-17(6-13(20)8-23-18)27-10-11-3-14(21)7-15(22)4-11/h3-9H,10H2,1-2H3. The van der Waals surface area contributed by atoms with Crippen LogP contribution in [0.5, 0.6) is 5.75 Å². The van der Waals surface area contributed by atoms with Crippen molar-refractivity contribution in [3.8, 4) is 17.1 Å². The van der Waals surface area contributed by atoms with E-state index in [-0.39, 0.29) is 6.61 Å². The molecule has 2 aromatic heterocycles. The van der Waals surface area contributed by atoms with Gasteiger partial charge in [-0.15, -0.1) is 0 Å². The first-order chi connectivity index (χ1) is 12.9. The normalized spacial score (nSPS) is 10.7. The fraction of sp³-hybridized carbons (Fsp3) is 0.158. The lowest BCUT2D eigenvalue weighted by atomic mass is 10.2. The predicted molar refractivity (Wildman–Crippen MR) is 95.7 cm³/mol. The maximum Gasteiger partial charge on any atom is 0.339 e. The molecule has 2 heterocycles. The molecule has 0 aliphatic rings. The van der Waals surface area contributed by atoms with Crippen molar-refractivity contribution >= 4 is 17.6 Å². The number of benzene rings is 1. The Bertz CT molecular complexity index is 984. The molecule has 0 unspecified atom stereocenters. The Balaban J connectivity index is 1.94. The number of carbonyl (C=O) groups is 1. The molecule has 3 rings (SSSR count). The summed E-state index contributed by atoms with van der Waals surface area (Å²) < 4.78 is 38.8. The van der Waals surface area contributed by atoms with Gasteiger partial charge in [-0.3, -0.25) is 0 Å². The second kappa shape index (κ2) is 7.75. The van der Waals surface area contributed by atoms with Gasteiger partial charge in [0.15, 0.2) is 0 Å². The van der Waals surface area contributed by atoms with Crippen LogP contribution in [0, 0.1) is 11.6 Å². The molecular weight excluding hydrogens is 378 g/mol. The van der Waals surface area contributed by atoms with E-state index in [1.165, 1.54) is 25.4 Å². The number of esters is 1. The highest BCUT2D eigenvalue weighted by atomic mass is 35.5. The number of methoxy groups -OCH3 is 1. The molecule has 0 saturated heterocycles. The molecule has 0 spiro atoms. The third-order valence-corrected chi connectivity index (χ3v) is 4.01. The van der Waals surface area contributed by atoms with Gasteiger partial charge in [-0.1, -0.05) is 11.6 Å². The van der Waals surface area contributed by atoms with Crippen LogP contribution in [0.15, 0.2) is 42.7 Å². The maximum atomic E-state index is 13.4. The molecule has 0 amide bonds. The van der Waals surface area contributed by atoms with Crippen molar-refractivity contribution in [1.82, 2.24) is 9.55 Å². The number of aromatic nitrogens is 2. The van der Waals surface area contributed by atoms with E-state index in [4.69, 9.17) is 21.1 Å². The van der Waals surface area contributed by atoms with Crippen molar-refractivity contribution in [1.29, 1.82) is 0 Å². The highest BCUT2D eigenvalue weighted by Crippen LogP contribution is 2.32. The van der Waals surface area contributed by atoms with Crippen LogP contribution < -0.4 is 4.74 Å². The molecule has 0 saturated carbocycles. The van der Waals surface area contributed by atoms with Gasteiger partial charge in [0, 0.05) is 31.6 Å². The first-order valence-electron chi connectivity index (χ1n) is 7.85. The molecule has 0 atom stereocenters. The topological polar surface area (TPSA) is 53.4 Å². The second-order valence-electron chi connectivity index (χ2n) is 5.78. The fourth-order valence-corrected chi connectivity index (χ4v) is 2.76. The lowest BCUT2D eigenvalue weighted by Crippen LogP contribution is -2.01. The molecule has 0 aliphatic heterocycles. The summed E-state index contributed by atoms with van der Waals surface area (Å²) in [6.07, 6.45) is 3.04. The van der Waals surface area contributed by atoms with Crippen LogP contribution in [0.25, 0.3) is 11.4 Å². The van der Waals surface area contributed by atoms with E-state index in [0.717, 1.165) is 6.07 Å². The fourth-order valence-electron chi connectivity index (χ4n) is 2.61. The number of aryl methyl sites for hydroxylation is 1. The number of nitrogens with zero attached hydrogens (tertiary/aromatic N) is 2. The molecule has 27 heavy (non-hydrogen) atoms. The van der Waals surface area contributed by atoms with E-state index in [0.29, 0.717) is 33.3 Å². The summed E-state index contributed by atoms with van der Waals surface area (Å²) in [7, 11) is 3.03. The van der Waals surface area contributed by atoms with Crippen LogP contribution in [0.3, 0.4) is 0 Å². The largest absolute Gasteiger partial charge is 0.486 e. The van der Waals surface area contributed by atoms with Crippen LogP contribution in [-0.4, -0.2) is 22.6 Å². The van der Waals surface area contributed by atoms with Gasteiger partial charge < -0.3 is 14.0 Å². The van der Waals surface area contributed by atoms with Crippen molar-refractivity contribution in [3.05, 3.63) is 70.5 Å². The molecule has 0 N–H and O–H groups in total. The van der Waals surface area contributed by atoms with E-state index in [1.54, 1.807) is 29.9 Å². The van der Waals surface area contributed by atoms with Crippen molar-refractivity contribution < 1.29 is 23.0 Å². The molecule has 1 aromatic carbocycles. The van der Waals surface area contributed by atoms with Crippen LogP contribution in [-0.2, 0) is 18.4 Å². The summed E-state index contributed by atoms with van der Waals surface area (Å²) in [6, 6.07) is 6.30. The molecule has 8 heteroatoms. The Morgan fingerprint density at radius 3 is 2.56 bits per heavy atom. The number of pyridine rings is 1. The summed E-state index contributed by atoms with van der Waals surface area (Å²) >= 11 is 6.01. The number of ether oxygens (including phenoxy) is 2. The van der Waals surface area contributed by atoms with Gasteiger partial charge in [0.05, 0.1) is 23.4 Å². The van der Waals surface area contributed by atoms with E-state index < -0.39 is 17.6 Å². The Hall–Kier alpha value is -2.93. The summed E-state index contributed by atoms with van der Waals surface area (Å²) in [4.78, 5) is 16.0. The number of rotatable bonds is 5. The zero-order chi connectivity index (χ0) is 19.6. The van der Waals surface area contributed by atoms with Gasteiger partial charge in [-0.25, -0.2) is 18.6 Å². The number of carbonyl (C=O) groups excluding carboxylic acids is 1. The third-order valence-electron chi connectivity index (χ3n) is 3.80. The van der Waals surface area contributed by atoms with Crippen LogP contribution in [0.1, 0.15) is 15.9 Å². The summed E-state index contributed by atoms with van der Waals surface area (Å²) in [5.41, 5.74) is 1.69. The SMILES string of the molecule is COC(=O)c1cc(-c2ncc(Cl)cc2OCc2cc(F)cc(F)c2)n(C)c1. The average Bonchev–Trinajstić information content (AvgIpc) is 3.00. The lowest BCUT2D eigenvalue weighted by Gasteiger charge is -2.12. The number of halogens is 3. The Labute approximate surface area is 159 Å². The van der Waals surface area contributed by atoms with E-state index in [2.05, 4.69) is 4.98 Å². The summed E-state index contributed by atoms with van der Waals surface area (Å²) in [5.74, 6) is -1.56. The van der Waals surface area contributed by atoms with Gasteiger partial charge in [0.2, 0.25) is 0 Å². The minimum absolute atomic E-state index is 0.0853. The molecule has 0 radical (unpaired) electrons. The van der Waals surface area contributed by atoms with Gasteiger partial charge >= 0.3 is 5.97 Å². The first kappa shape index (κ1) is 18.8. The van der Waals surface area contributed by atoms with Gasteiger partial charge in [-0.2, -0.15) is 0 Å². The number of hydrogen-bond acceptors (Lipinski definition) is 4. The molecule has 3 aromatic rings. The van der Waals surface area contributed by atoms with Gasteiger partial charge in [0.25, 0.3) is 0 Å². The monoisotopic (exact) mass is 392 g/mol. The maximum absolute atomic E-state index is 13.4. The minimum Gasteiger partial charge on any atom is -0.486 e. The first-order valence-corrected chi connectivity index (χ1v) is 8.23. The molecule has 0 fully saturated rings. The van der Waals surface area contributed by atoms with Crippen molar-refractivity contribution in [3.63, 3.8) is 0 Å². The average molecular weight is 393 g/mol. The minimum atomic E-state index is -0.691. The smallest absolute Gasteiger partial charge is 0.339 e. The second-order valence-corrected chi connectivity index (χ2v) is 6.22. The lowest BCUT2D eigenvalue weighted by molar-refractivity contribution is 0.0600. The van der Waals surface area contributed by atoms with Crippen molar-refractivity contribution in [2.24, 2.45) is 7.05 Å². The summed E-state index contributed by atoms with van der Waals surface area (Å²) in [6.45, 7) is -0.0853. The molecule has 0 aliphatic carbocycles. The predicted octanol–water partition coefficient (Wildman–Crippen LogP) is 4.38. The highest BCUT2D eigenvalue weighted by Gasteiger charge is 2.17. The Kier molecular flexibility index (Phi) is 5.41. The Morgan fingerprint density at radius 1 is 1.19 bits per heavy atom. The van der Waals surface area contributed by atoms with E-state index in [1.807, 2.05) is 0 Å². The quantitative estimate of drug-likeness (QED) is 0.604. The van der Waals surface area contributed by atoms with Crippen LogP contribution in [0.4, 0.5) is 8.78 Å². The Morgan fingerprint density at radius 2 is 1.89 bits per heavy atom. The molecule has 140 valence electrons. The van der Waals surface area contributed by atoms with Crippen LogP contribution in [0.2, 0.25) is 5.02 Å². The van der Waals surface area contributed by atoms with Crippen molar-refractivity contribution in [2.75, 3.05) is 7.11 Å². The van der Waals surface area contributed by atoms with Crippen molar-refractivity contribution in [2.45, 2.75) is 6.61 Å². The highest BCUT2D eigenvalue weighted by molar-refractivity contribution is 6.30. The number of hydrogen-bond donors (Lipinski definition) is 0. The van der Waals surface area contributed by atoms with Gasteiger partial charge in [0.1, 0.15) is 29.7 Å². The van der Waals surface area contributed by atoms with E-state index in [9.17, 15) is 13.6 Å². The zero-order valence-electron chi connectivity index (χ0n) is 14.5. The molecular formula is C19H15ClF2N2O3. The molecule has 0 bridgehead atoms. The third kappa shape index (κ3) is 4.25. The summed E-state index contributed by atoms with van der Waals surface area (Å²) in [5, 5.41) is 0.335.